The zero-order valence-electron chi connectivity index (χ0n) is 7.02. The molecular weight excluding hydrogens is 144 g/mol. The van der Waals surface area contributed by atoms with Gasteiger partial charge < -0.3 is 9.47 Å². The van der Waals surface area contributed by atoms with Crippen molar-refractivity contribution in [1.82, 2.24) is 0 Å². The largest absolute Gasteiger partial charge is 0.358 e. The van der Waals surface area contributed by atoms with Crippen LogP contribution in [-0.2, 0) is 9.47 Å². The summed E-state index contributed by atoms with van der Waals surface area (Å²) in [5.41, 5.74) is -0.297. The molecule has 2 nitrogen and oxygen atoms in total. The number of rotatable bonds is 5. The predicted molar refractivity (Wildman–Crippen MR) is 46.1 cm³/mol. The van der Waals surface area contributed by atoms with E-state index in [0.29, 0.717) is 0 Å². The first-order valence-electron chi connectivity index (χ1n) is 3.39. The van der Waals surface area contributed by atoms with Crippen LogP contribution in [0, 0.1) is 0 Å². The predicted octanol–water partition coefficient (Wildman–Crippen LogP) is 0.265. The van der Waals surface area contributed by atoms with Crippen molar-refractivity contribution in [3.05, 3.63) is 12.7 Å². The van der Waals surface area contributed by atoms with Gasteiger partial charge >= 0.3 is 0 Å². The quantitative estimate of drug-likeness (QED) is 0.326. The summed E-state index contributed by atoms with van der Waals surface area (Å²) in [5.74, 6) is 0. The van der Waals surface area contributed by atoms with Gasteiger partial charge in [-0.15, -0.1) is 6.58 Å². The van der Waals surface area contributed by atoms with Crippen molar-refractivity contribution in [3.8, 4) is 0 Å². The van der Waals surface area contributed by atoms with Gasteiger partial charge in [0, 0.05) is 14.2 Å². The Hall–Kier alpha value is -0.123. The van der Waals surface area contributed by atoms with E-state index in [0.717, 1.165) is 23.1 Å². The van der Waals surface area contributed by atoms with Crippen LogP contribution in [0.1, 0.15) is 12.8 Å². The van der Waals surface area contributed by atoms with E-state index in [-0.39, 0.29) is 5.41 Å². The van der Waals surface area contributed by atoms with Gasteiger partial charge in [-0.2, -0.15) is 0 Å². The van der Waals surface area contributed by atoms with Gasteiger partial charge in [0.15, 0.2) is 0 Å². The van der Waals surface area contributed by atoms with Crippen LogP contribution in [0.15, 0.2) is 12.7 Å². The highest BCUT2D eigenvalue weighted by Gasteiger charge is 2.20. The molecule has 60 valence electrons. The Kier molecular flexibility index (Phi) is 4.60. The molecule has 0 unspecified atom stereocenters. The zero-order valence-corrected chi connectivity index (χ0v) is 9.02. The maximum atomic E-state index is 5.18. The molecule has 0 bridgehead atoms. The van der Waals surface area contributed by atoms with Crippen LogP contribution in [0.25, 0.3) is 0 Å². The van der Waals surface area contributed by atoms with E-state index in [1.54, 1.807) is 14.2 Å². The minimum absolute atomic E-state index is 0.297. The average molecular weight is 160 g/mol. The van der Waals surface area contributed by atoms with Gasteiger partial charge in [0.25, 0.3) is 0 Å². The molecule has 0 radical (unpaired) electrons. The molecule has 0 N–H and O–H groups in total. The second-order valence-corrected chi connectivity index (χ2v) is 3.89. The number of methoxy groups -OCH3 is 2. The molecule has 10 heavy (non-hydrogen) atoms. The van der Waals surface area contributed by atoms with Crippen molar-refractivity contribution in [3.63, 3.8) is 0 Å². The van der Waals surface area contributed by atoms with Gasteiger partial charge in [0.1, 0.15) is 5.41 Å². The van der Waals surface area contributed by atoms with Gasteiger partial charge in [0.05, 0.1) is 10.2 Å². The first kappa shape index (κ1) is 9.88. The Labute approximate surface area is 65.6 Å². The summed E-state index contributed by atoms with van der Waals surface area (Å²) in [4.78, 5) is 0. The van der Waals surface area contributed by atoms with Crippen molar-refractivity contribution in [1.29, 1.82) is 0 Å². The highest BCUT2D eigenvalue weighted by atomic mass is 28.1. The molecule has 0 saturated carbocycles. The summed E-state index contributed by atoms with van der Waals surface area (Å²) < 4.78 is 10.4. The Morgan fingerprint density at radius 1 is 1.50 bits per heavy atom. The standard InChI is InChI=1S/C7H16O2Si/c1-4-5-6-7(10,8-2)9-3/h4H,1,5-6H2,2-3,10H3. The molecule has 0 aromatic carbocycles. The SMILES string of the molecule is C=CCCC([SiH3])(OC)OC. The van der Waals surface area contributed by atoms with Gasteiger partial charge in [-0.3, -0.25) is 0 Å². The smallest absolute Gasteiger partial charge is 0.141 e. The van der Waals surface area contributed by atoms with E-state index >= 15 is 0 Å². The molecule has 0 aliphatic carbocycles. The first-order chi connectivity index (χ1) is 4.68. The Bertz CT molecular complexity index is 99.8. The lowest BCUT2D eigenvalue weighted by atomic mass is 10.3. The third kappa shape index (κ3) is 3.15. The van der Waals surface area contributed by atoms with Crippen LogP contribution in [0.5, 0.6) is 0 Å². The Morgan fingerprint density at radius 3 is 2.30 bits per heavy atom. The summed E-state index contributed by atoms with van der Waals surface area (Å²) in [6.45, 7) is 3.64. The molecule has 0 rings (SSSR count). The van der Waals surface area contributed by atoms with E-state index < -0.39 is 0 Å². The molecule has 0 amide bonds. The second-order valence-electron chi connectivity index (χ2n) is 2.37. The highest BCUT2D eigenvalue weighted by molar-refractivity contribution is 6.13. The minimum atomic E-state index is -0.297. The third-order valence-electron chi connectivity index (χ3n) is 1.67. The normalized spacial score (nSPS) is 11.8. The maximum absolute atomic E-state index is 5.18. The molecule has 0 atom stereocenters. The highest BCUT2D eigenvalue weighted by Crippen LogP contribution is 2.13. The van der Waals surface area contributed by atoms with Crippen LogP contribution >= 0.6 is 0 Å². The van der Waals surface area contributed by atoms with Crippen LogP contribution < -0.4 is 0 Å². The van der Waals surface area contributed by atoms with Crippen molar-refractivity contribution >= 4 is 10.2 Å². The number of hydrogen-bond acceptors (Lipinski definition) is 2. The zero-order chi connectivity index (χ0) is 8.04. The molecule has 0 heterocycles. The van der Waals surface area contributed by atoms with Gasteiger partial charge in [-0.05, 0) is 12.8 Å². The Morgan fingerprint density at radius 2 is 2.00 bits per heavy atom. The van der Waals surface area contributed by atoms with E-state index in [9.17, 15) is 0 Å². The summed E-state index contributed by atoms with van der Waals surface area (Å²) in [6, 6.07) is 0. The molecule has 0 aromatic rings. The van der Waals surface area contributed by atoms with Gasteiger partial charge in [0.2, 0.25) is 0 Å². The number of hydrogen-bond donors (Lipinski definition) is 0. The van der Waals surface area contributed by atoms with E-state index in [1.807, 2.05) is 6.08 Å². The average Bonchev–Trinajstić information content (AvgIpc) is 2.00. The van der Waals surface area contributed by atoms with Crippen molar-refractivity contribution in [2.45, 2.75) is 18.3 Å². The van der Waals surface area contributed by atoms with E-state index in [4.69, 9.17) is 9.47 Å². The molecule has 0 aliphatic heterocycles. The number of allylic oxidation sites excluding steroid dienone is 1. The topological polar surface area (TPSA) is 18.5 Å². The Balaban J connectivity index is 3.68. The fourth-order valence-electron chi connectivity index (χ4n) is 0.652. The summed E-state index contributed by atoms with van der Waals surface area (Å²) in [5, 5.41) is 0. The first-order valence-corrected chi connectivity index (χ1v) is 4.39. The lowest BCUT2D eigenvalue weighted by Crippen LogP contribution is -2.33. The van der Waals surface area contributed by atoms with Crippen LogP contribution in [0.3, 0.4) is 0 Å². The monoisotopic (exact) mass is 160 g/mol. The lowest BCUT2D eigenvalue weighted by Gasteiger charge is -2.25. The van der Waals surface area contributed by atoms with E-state index in [1.165, 1.54) is 0 Å². The fourth-order valence-corrected chi connectivity index (χ4v) is 0.940. The molecule has 0 spiro atoms. The maximum Gasteiger partial charge on any atom is 0.141 e. The van der Waals surface area contributed by atoms with Crippen LogP contribution in [-0.4, -0.2) is 29.9 Å². The van der Waals surface area contributed by atoms with Crippen molar-refractivity contribution in [2.24, 2.45) is 0 Å². The molecule has 0 aliphatic rings. The molecular formula is C7H16O2Si. The summed E-state index contributed by atoms with van der Waals surface area (Å²) >= 11 is 0. The van der Waals surface area contributed by atoms with Crippen LogP contribution in [0.2, 0.25) is 0 Å². The summed E-state index contributed by atoms with van der Waals surface area (Å²) in [6.07, 6.45) is 3.74. The second kappa shape index (κ2) is 4.66. The number of ether oxygens (including phenoxy) is 2. The van der Waals surface area contributed by atoms with Crippen molar-refractivity contribution < 1.29 is 9.47 Å². The minimum Gasteiger partial charge on any atom is -0.358 e. The van der Waals surface area contributed by atoms with Gasteiger partial charge in [-0.25, -0.2) is 0 Å². The molecule has 3 heteroatoms. The van der Waals surface area contributed by atoms with Crippen LogP contribution in [0.4, 0.5) is 0 Å². The molecule has 0 saturated heterocycles. The summed E-state index contributed by atoms with van der Waals surface area (Å²) in [7, 11) is 4.25. The third-order valence-corrected chi connectivity index (χ3v) is 2.98. The lowest BCUT2D eigenvalue weighted by molar-refractivity contribution is -0.145. The van der Waals surface area contributed by atoms with Crippen molar-refractivity contribution in [2.75, 3.05) is 14.2 Å². The fraction of sp³-hybridized carbons (Fsp3) is 0.714. The van der Waals surface area contributed by atoms with Gasteiger partial charge in [-0.1, -0.05) is 6.08 Å². The molecule has 0 fully saturated rings. The molecule has 0 aromatic heterocycles. The van der Waals surface area contributed by atoms with E-state index in [2.05, 4.69) is 6.58 Å².